The number of ether oxygens (including phenoxy) is 1. The number of nitrogens with one attached hydrogen (secondary N) is 2. The Kier molecular flexibility index (Phi) is 8.30. The monoisotopic (exact) mass is 567 g/mol. The van der Waals surface area contributed by atoms with E-state index >= 15 is 4.39 Å². The average molecular weight is 568 g/mol. The fourth-order valence-corrected chi connectivity index (χ4v) is 5.25. The molecule has 11 heteroatoms. The molecule has 2 aliphatic heterocycles. The molecule has 1 aromatic heterocycles. The van der Waals surface area contributed by atoms with Crippen LogP contribution in [-0.4, -0.2) is 63.7 Å². The molecule has 2 aromatic carbocycles. The van der Waals surface area contributed by atoms with Crippen LogP contribution < -0.4 is 10.6 Å². The van der Waals surface area contributed by atoms with Gasteiger partial charge in [0.2, 0.25) is 11.9 Å². The molecule has 0 aliphatic carbocycles. The van der Waals surface area contributed by atoms with Gasteiger partial charge in [0.05, 0.1) is 36.1 Å². The van der Waals surface area contributed by atoms with Crippen LogP contribution in [0.15, 0.2) is 42.6 Å². The molecule has 0 saturated carbocycles. The topological polar surface area (TPSA) is 117 Å². The fraction of sp³-hybridized carbons (Fsp3) is 0.379. The number of anilines is 1. The molecule has 1 fully saturated rings. The molecule has 0 spiro atoms. The number of aromatic nitrogens is 2. The van der Waals surface area contributed by atoms with Gasteiger partial charge in [-0.2, -0.15) is 0 Å². The van der Waals surface area contributed by atoms with Gasteiger partial charge in [-0.05, 0) is 44.4 Å². The summed E-state index contributed by atoms with van der Waals surface area (Å²) >= 11 is 6.39. The predicted octanol–water partition coefficient (Wildman–Crippen LogP) is 4.03. The minimum Gasteiger partial charge on any atom is -0.394 e. The van der Waals surface area contributed by atoms with E-state index in [1.807, 2.05) is 31.2 Å². The van der Waals surface area contributed by atoms with Gasteiger partial charge >= 0.3 is 0 Å². The summed E-state index contributed by atoms with van der Waals surface area (Å²) in [6.07, 6.45) is 3.08. The zero-order valence-corrected chi connectivity index (χ0v) is 23.0. The van der Waals surface area contributed by atoms with Crippen LogP contribution in [-0.2, 0) is 16.1 Å². The van der Waals surface area contributed by atoms with Crippen molar-refractivity contribution in [3.63, 3.8) is 0 Å². The quantitative estimate of drug-likeness (QED) is 0.376. The Balaban J connectivity index is 1.35. The number of rotatable bonds is 8. The van der Waals surface area contributed by atoms with Gasteiger partial charge in [0.25, 0.3) is 5.91 Å². The second kappa shape index (κ2) is 11.9. The Hall–Kier alpha value is -3.60. The smallest absolute Gasteiger partial charge is 0.255 e. The molecular formula is C29H31ClFN5O4. The Bertz CT molecular complexity index is 1430. The molecule has 3 aromatic rings. The number of amides is 2. The van der Waals surface area contributed by atoms with Gasteiger partial charge in [0, 0.05) is 35.9 Å². The Labute approximate surface area is 236 Å². The molecular weight excluding hydrogens is 537 g/mol. The molecule has 2 atom stereocenters. The third kappa shape index (κ3) is 5.79. The number of aliphatic hydroxyl groups excluding tert-OH is 1. The van der Waals surface area contributed by atoms with Gasteiger partial charge in [-0.1, -0.05) is 41.4 Å². The highest BCUT2D eigenvalue weighted by atomic mass is 35.5. The minimum absolute atomic E-state index is 0.0584. The highest BCUT2D eigenvalue weighted by Gasteiger charge is 2.37. The maximum Gasteiger partial charge on any atom is 0.255 e. The molecule has 210 valence electrons. The van der Waals surface area contributed by atoms with E-state index in [4.69, 9.17) is 16.3 Å². The number of aliphatic hydroxyl groups is 1. The molecule has 2 amide bonds. The Morgan fingerprint density at radius 2 is 2.05 bits per heavy atom. The van der Waals surface area contributed by atoms with Crippen LogP contribution in [0, 0.1) is 12.7 Å². The number of aryl methyl sites for hydroxylation is 1. The van der Waals surface area contributed by atoms with E-state index in [1.165, 1.54) is 17.2 Å². The Morgan fingerprint density at radius 1 is 1.27 bits per heavy atom. The summed E-state index contributed by atoms with van der Waals surface area (Å²) in [5, 5.41) is 16.2. The zero-order chi connectivity index (χ0) is 28.4. The fourth-order valence-electron chi connectivity index (χ4n) is 5.05. The SMILES string of the molecule is Cc1cccc(C(CO)NC(=O)C(C)N2Cc3c(F)cc(-c4nc(NC5CCOCC5)ncc4Cl)cc3C2=O)c1. The normalized spacial score (nSPS) is 16.9. The highest BCUT2D eigenvalue weighted by molar-refractivity contribution is 6.33. The van der Waals surface area contributed by atoms with Gasteiger partial charge in [-0.15, -0.1) is 0 Å². The first kappa shape index (κ1) is 27.9. The lowest BCUT2D eigenvalue weighted by Gasteiger charge is -2.26. The molecule has 1 saturated heterocycles. The third-order valence-electron chi connectivity index (χ3n) is 7.38. The summed E-state index contributed by atoms with van der Waals surface area (Å²) in [7, 11) is 0. The zero-order valence-electron chi connectivity index (χ0n) is 22.3. The van der Waals surface area contributed by atoms with Gasteiger partial charge in [-0.25, -0.2) is 14.4 Å². The van der Waals surface area contributed by atoms with E-state index in [0.29, 0.717) is 30.4 Å². The maximum absolute atomic E-state index is 15.3. The van der Waals surface area contributed by atoms with E-state index in [0.717, 1.165) is 24.0 Å². The summed E-state index contributed by atoms with van der Waals surface area (Å²) in [6, 6.07) is 8.92. The summed E-state index contributed by atoms with van der Waals surface area (Å²) in [5.41, 5.74) is 2.74. The number of hydrogen-bond donors (Lipinski definition) is 3. The minimum atomic E-state index is -0.903. The first-order valence-electron chi connectivity index (χ1n) is 13.2. The van der Waals surface area contributed by atoms with Gasteiger partial charge in [0.15, 0.2) is 0 Å². The molecule has 2 unspecified atom stereocenters. The van der Waals surface area contributed by atoms with E-state index in [9.17, 15) is 14.7 Å². The molecule has 0 bridgehead atoms. The third-order valence-corrected chi connectivity index (χ3v) is 7.65. The van der Waals surface area contributed by atoms with E-state index < -0.39 is 29.7 Å². The summed E-state index contributed by atoms with van der Waals surface area (Å²) in [6.45, 7) is 4.43. The lowest BCUT2D eigenvalue weighted by Crippen LogP contribution is -2.46. The van der Waals surface area contributed by atoms with Crippen molar-refractivity contribution in [1.82, 2.24) is 20.2 Å². The van der Waals surface area contributed by atoms with Crippen molar-refractivity contribution in [2.75, 3.05) is 25.1 Å². The lowest BCUT2D eigenvalue weighted by molar-refractivity contribution is -0.126. The van der Waals surface area contributed by atoms with Gasteiger partial charge in [-0.3, -0.25) is 9.59 Å². The van der Waals surface area contributed by atoms with Crippen molar-refractivity contribution in [2.24, 2.45) is 0 Å². The van der Waals surface area contributed by atoms with Gasteiger partial charge in [0.1, 0.15) is 11.9 Å². The molecule has 9 nitrogen and oxygen atoms in total. The van der Waals surface area contributed by atoms with Gasteiger partial charge < -0.3 is 25.4 Å². The summed E-state index contributed by atoms with van der Waals surface area (Å²) < 4.78 is 20.7. The summed E-state index contributed by atoms with van der Waals surface area (Å²) in [4.78, 5) is 36.6. The number of benzene rings is 2. The van der Waals surface area contributed by atoms with E-state index in [1.54, 1.807) is 13.0 Å². The molecule has 3 heterocycles. The number of fused-ring (bicyclic) bond motifs is 1. The van der Waals surface area contributed by atoms with Crippen LogP contribution in [0.25, 0.3) is 11.3 Å². The standard InChI is InChI=1S/C29H31ClFN5O4/c1-16-4-3-5-18(10-16)25(15-37)34-27(38)17(2)36-14-22-21(28(36)39)11-19(12-24(22)31)26-23(30)13-32-29(35-26)33-20-6-8-40-9-7-20/h3-5,10-13,17,20,25,37H,6-9,14-15H2,1-2H3,(H,34,38)(H,32,33,35). The molecule has 3 N–H and O–H groups in total. The van der Waals surface area contributed by atoms with Crippen molar-refractivity contribution in [1.29, 1.82) is 0 Å². The largest absolute Gasteiger partial charge is 0.394 e. The lowest BCUT2D eigenvalue weighted by atomic mass is 10.0. The first-order chi connectivity index (χ1) is 19.2. The molecule has 5 rings (SSSR count). The van der Waals surface area contributed by atoms with Crippen LogP contribution in [0.1, 0.15) is 52.9 Å². The van der Waals surface area contributed by atoms with Crippen molar-refractivity contribution < 1.29 is 23.8 Å². The number of carbonyl (C=O) groups excluding carboxylic acids is 2. The van der Waals surface area contributed by atoms with Crippen molar-refractivity contribution >= 4 is 29.4 Å². The number of nitrogens with zero attached hydrogens (tertiary/aromatic N) is 3. The van der Waals surface area contributed by atoms with E-state index in [2.05, 4.69) is 20.6 Å². The average Bonchev–Trinajstić information content (AvgIpc) is 3.29. The number of hydrogen-bond acceptors (Lipinski definition) is 7. The predicted molar refractivity (Wildman–Crippen MR) is 148 cm³/mol. The van der Waals surface area contributed by atoms with Crippen molar-refractivity contribution in [3.05, 3.63) is 75.7 Å². The van der Waals surface area contributed by atoms with Crippen molar-refractivity contribution in [3.8, 4) is 11.3 Å². The number of carbonyl (C=O) groups is 2. The maximum atomic E-state index is 15.3. The van der Waals surface area contributed by atoms with Crippen LogP contribution in [0.2, 0.25) is 5.02 Å². The van der Waals surface area contributed by atoms with Crippen LogP contribution in [0.4, 0.5) is 10.3 Å². The Morgan fingerprint density at radius 3 is 2.77 bits per heavy atom. The molecule has 0 radical (unpaired) electrons. The van der Waals surface area contributed by atoms with E-state index in [-0.39, 0.29) is 35.3 Å². The second-order valence-corrected chi connectivity index (χ2v) is 10.6. The summed E-state index contributed by atoms with van der Waals surface area (Å²) in [5.74, 6) is -1.15. The molecule has 40 heavy (non-hydrogen) atoms. The van der Waals surface area contributed by atoms with Crippen LogP contribution >= 0.6 is 11.6 Å². The van der Waals surface area contributed by atoms with Crippen molar-refractivity contribution in [2.45, 2.75) is 51.4 Å². The first-order valence-corrected chi connectivity index (χ1v) is 13.6. The van der Waals surface area contributed by atoms with Crippen LogP contribution in [0.3, 0.4) is 0 Å². The highest BCUT2D eigenvalue weighted by Crippen LogP contribution is 2.34. The molecule has 2 aliphatic rings. The number of halogens is 2. The van der Waals surface area contributed by atoms with Crippen LogP contribution in [0.5, 0.6) is 0 Å². The second-order valence-electron chi connectivity index (χ2n) is 10.2.